The Morgan fingerprint density at radius 1 is 1.10 bits per heavy atom. The fraction of sp³-hybridized carbons (Fsp3) is 0.385. The summed E-state index contributed by atoms with van der Waals surface area (Å²) in [5, 5.41) is 11.0. The maximum Gasteiger partial charge on any atom is 0.325 e. The number of hydrogen-bond acceptors (Lipinski definition) is 4. The fourth-order valence-electron chi connectivity index (χ4n) is 1.51. The highest BCUT2D eigenvalue weighted by molar-refractivity contribution is 7.89. The van der Waals surface area contributed by atoms with Gasteiger partial charge in [-0.25, -0.2) is 13.1 Å². The maximum atomic E-state index is 11.9. The Kier molecular flexibility index (Phi) is 5.45. The second-order valence-corrected chi connectivity index (χ2v) is 6.55. The van der Waals surface area contributed by atoms with Crippen molar-refractivity contribution in [1.82, 2.24) is 10.0 Å². The zero-order chi connectivity index (χ0) is 16.2. The SMILES string of the molecule is CC(C)NS(=O)(=O)c1ccc(C(=O)NC(C)C(=O)O)cc1. The normalized spacial score (nSPS) is 13.0. The largest absolute Gasteiger partial charge is 0.480 e. The van der Waals surface area contributed by atoms with Gasteiger partial charge < -0.3 is 10.4 Å². The maximum absolute atomic E-state index is 11.9. The Morgan fingerprint density at radius 2 is 1.62 bits per heavy atom. The summed E-state index contributed by atoms with van der Waals surface area (Å²) in [6, 6.07) is 3.99. The third-order valence-corrected chi connectivity index (χ3v) is 4.21. The zero-order valence-corrected chi connectivity index (χ0v) is 12.8. The van der Waals surface area contributed by atoms with Crippen molar-refractivity contribution in [3.8, 4) is 0 Å². The van der Waals surface area contributed by atoms with Crippen LogP contribution in [0, 0.1) is 0 Å². The standard InChI is InChI=1S/C13H18N2O5S/c1-8(2)15-21(19,20)11-6-4-10(5-7-11)12(16)14-9(3)13(17)18/h4-9,15H,1-3H3,(H,14,16)(H,17,18). The van der Waals surface area contributed by atoms with Gasteiger partial charge >= 0.3 is 5.97 Å². The van der Waals surface area contributed by atoms with Crippen LogP contribution in [0.25, 0.3) is 0 Å². The second kappa shape index (κ2) is 6.68. The first kappa shape index (κ1) is 17.1. The van der Waals surface area contributed by atoms with E-state index in [0.717, 1.165) is 0 Å². The summed E-state index contributed by atoms with van der Waals surface area (Å²) in [7, 11) is -3.61. The minimum absolute atomic E-state index is 0.0408. The Morgan fingerprint density at radius 3 is 2.05 bits per heavy atom. The molecule has 1 aromatic rings. The molecule has 0 fully saturated rings. The van der Waals surface area contributed by atoms with Crippen molar-refractivity contribution in [1.29, 1.82) is 0 Å². The van der Waals surface area contributed by atoms with E-state index in [1.54, 1.807) is 13.8 Å². The Hall–Kier alpha value is -1.93. The summed E-state index contributed by atoms with van der Waals surface area (Å²) < 4.78 is 26.2. The van der Waals surface area contributed by atoms with E-state index in [4.69, 9.17) is 5.11 Å². The predicted octanol–water partition coefficient (Wildman–Crippen LogP) is 0.576. The number of carboxylic acid groups (broad SMARTS) is 1. The van der Waals surface area contributed by atoms with E-state index in [9.17, 15) is 18.0 Å². The minimum atomic E-state index is -3.61. The van der Waals surface area contributed by atoms with E-state index in [1.165, 1.54) is 31.2 Å². The van der Waals surface area contributed by atoms with Gasteiger partial charge in [-0.15, -0.1) is 0 Å². The molecular formula is C13H18N2O5S. The van der Waals surface area contributed by atoms with Crippen LogP contribution in [0.15, 0.2) is 29.2 Å². The lowest BCUT2D eigenvalue weighted by molar-refractivity contribution is -0.138. The van der Waals surface area contributed by atoms with E-state index < -0.39 is 27.9 Å². The highest BCUT2D eigenvalue weighted by atomic mass is 32.2. The molecule has 1 atom stereocenters. The van der Waals surface area contributed by atoms with Gasteiger partial charge in [0.25, 0.3) is 5.91 Å². The third-order valence-electron chi connectivity index (χ3n) is 2.54. The Bertz CT molecular complexity index is 622. The van der Waals surface area contributed by atoms with Gasteiger partial charge in [-0.3, -0.25) is 9.59 Å². The van der Waals surface area contributed by atoms with Gasteiger partial charge in [-0.2, -0.15) is 0 Å². The second-order valence-electron chi connectivity index (χ2n) is 4.83. The molecule has 0 aliphatic heterocycles. The van der Waals surface area contributed by atoms with Crippen molar-refractivity contribution in [2.75, 3.05) is 0 Å². The molecule has 0 radical (unpaired) electrons. The smallest absolute Gasteiger partial charge is 0.325 e. The lowest BCUT2D eigenvalue weighted by atomic mass is 10.2. The first-order valence-corrected chi connectivity index (χ1v) is 7.78. The number of amides is 1. The Balaban J connectivity index is 2.88. The number of rotatable bonds is 6. The fourth-order valence-corrected chi connectivity index (χ4v) is 2.76. The van der Waals surface area contributed by atoms with Crippen LogP contribution in [0.5, 0.6) is 0 Å². The molecule has 1 amide bonds. The van der Waals surface area contributed by atoms with Gasteiger partial charge in [-0.1, -0.05) is 0 Å². The van der Waals surface area contributed by atoms with Crippen LogP contribution in [0.4, 0.5) is 0 Å². The van der Waals surface area contributed by atoms with Crippen LogP contribution >= 0.6 is 0 Å². The van der Waals surface area contributed by atoms with E-state index in [2.05, 4.69) is 10.0 Å². The average molecular weight is 314 g/mol. The summed E-state index contributed by atoms with van der Waals surface area (Å²) >= 11 is 0. The molecule has 0 saturated carbocycles. The average Bonchev–Trinajstić information content (AvgIpc) is 2.37. The number of carbonyl (C=O) groups excluding carboxylic acids is 1. The van der Waals surface area contributed by atoms with E-state index in [1.807, 2.05) is 0 Å². The van der Waals surface area contributed by atoms with Crippen LogP contribution in [-0.2, 0) is 14.8 Å². The van der Waals surface area contributed by atoms with Crippen LogP contribution in [0.3, 0.4) is 0 Å². The molecule has 116 valence electrons. The summed E-state index contributed by atoms with van der Waals surface area (Å²) in [6.45, 7) is 4.74. The van der Waals surface area contributed by atoms with Gasteiger partial charge in [0.15, 0.2) is 0 Å². The molecule has 21 heavy (non-hydrogen) atoms. The van der Waals surface area contributed by atoms with Crippen LogP contribution < -0.4 is 10.0 Å². The van der Waals surface area contributed by atoms with Crippen LogP contribution in [-0.4, -0.2) is 37.5 Å². The summed E-state index contributed by atoms with van der Waals surface area (Å²) in [6.07, 6.45) is 0. The molecule has 3 N–H and O–H groups in total. The van der Waals surface area contributed by atoms with Crippen molar-refractivity contribution in [2.45, 2.75) is 37.8 Å². The van der Waals surface area contributed by atoms with E-state index in [0.29, 0.717) is 0 Å². The van der Waals surface area contributed by atoms with Gasteiger partial charge in [0, 0.05) is 11.6 Å². The number of aliphatic carboxylic acids is 1. The van der Waals surface area contributed by atoms with Crippen molar-refractivity contribution in [2.24, 2.45) is 0 Å². The summed E-state index contributed by atoms with van der Waals surface area (Å²) in [5.74, 6) is -1.73. The highest BCUT2D eigenvalue weighted by Crippen LogP contribution is 2.11. The van der Waals surface area contributed by atoms with E-state index in [-0.39, 0.29) is 16.5 Å². The molecule has 0 bridgehead atoms. The molecule has 8 heteroatoms. The molecule has 0 aliphatic carbocycles. The number of hydrogen-bond donors (Lipinski definition) is 3. The first-order chi connectivity index (χ1) is 9.63. The molecular weight excluding hydrogens is 296 g/mol. The number of sulfonamides is 1. The number of carbonyl (C=O) groups is 2. The zero-order valence-electron chi connectivity index (χ0n) is 12.0. The molecule has 1 aromatic carbocycles. The van der Waals surface area contributed by atoms with Crippen molar-refractivity contribution < 1.29 is 23.1 Å². The summed E-state index contributed by atoms with van der Waals surface area (Å²) in [5.41, 5.74) is 0.187. The monoisotopic (exact) mass is 314 g/mol. The van der Waals surface area contributed by atoms with Gasteiger partial charge in [0.1, 0.15) is 6.04 Å². The molecule has 0 aromatic heterocycles. The van der Waals surface area contributed by atoms with Crippen LogP contribution in [0.1, 0.15) is 31.1 Å². The molecule has 0 aliphatic rings. The molecule has 1 rings (SSSR count). The molecule has 1 unspecified atom stereocenters. The quantitative estimate of drug-likeness (QED) is 0.711. The van der Waals surface area contributed by atoms with Crippen molar-refractivity contribution in [3.05, 3.63) is 29.8 Å². The lowest BCUT2D eigenvalue weighted by Gasteiger charge is -2.11. The molecule has 0 spiro atoms. The Labute approximate surface area is 123 Å². The van der Waals surface area contributed by atoms with Gasteiger partial charge in [0.2, 0.25) is 10.0 Å². The summed E-state index contributed by atoms with van der Waals surface area (Å²) in [4.78, 5) is 22.5. The van der Waals surface area contributed by atoms with Gasteiger partial charge in [-0.05, 0) is 45.0 Å². The van der Waals surface area contributed by atoms with Crippen LogP contribution in [0.2, 0.25) is 0 Å². The highest BCUT2D eigenvalue weighted by Gasteiger charge is 2.18. The van der Waals surface area contributed by atoms with Crippen molar-refractivity contribution >= 4 is 21.9 Å². The van der Waals surface area contributed by atoms with E-state index >= 15 is 0 Å². The van der Waals surface area contributed by atoms with Crippen molar-refractivity contribution in [3.63, 3.8) is 0 Å². The topological polar surface area (TPSA) is 113 Å². The minimum Gasteiger partial charge on any atom is -0.480 e. The molecule has 0 saturated heterocycles. The number of benzene rings is 1. The molecule has 0 heterocycles. The number of carboxylic acids is 1. The van der Waals surface area contributed by atoms with Gasteiger partial charge in [0.05, 0.1) is 4.90 Å². The first-order valence-electron chi connectivity index (χ1n) is 6.29. The third kappa shape index (κ3) is 4.83. The lowest BCUT2D eigenvalue weighted by Crippen LogP contribution is -2.38. The molecule has 7 nitrogen and oxygen atoms in total. The predicted molar refractivity (Wildman–Crippen MR) is 76.5 cm³/mol. The number of nitrogens with one attached hydrogen (secondary N) is 2.